The monoisotopic (exact) mass is 476 g/mol. The average Bonchev–Trinajstić information content (AvgIpc) is 2.83. The van der Waals surface area contributed by atoms with Gasteiger partial charge in [0, 0.05) is 50.5 Å². The highest BCUT2D eigenvalue weighted by atomic mass is 16.6. The molecule has 9 nitrogen and oxygen atoms in total. The number of pyridine rings is 1. The summed E-state index contributed by atoms with van der Waals surface area (Å²) in [5.74, 6) is 0.355. The molecule has 0 fully saturated rings. The van der Waals surface area contributed by atoms with Gasteiger partial charge >= 0.3 is 6.09 Å². The Hall–Kier alpha value is -4.01. The predicted octanol–water partition coefficient (Wildman–Crippen LogP) is 3.68. The third-order valence-corrected chi connectivity index (χ3v) is 4.99. The van der Waals surface area contributed by atoms with Crippen LogP contribution >= 0.6 is 0 Å². The molecule has 9 heteroatoms. The summed E-state index contributed by atoms with van der Waals surface area (Å²) in [6.45, 7) is 6.31. The predicted molar refractivity (Wildman–Crippen MR) is 135 cm³/mol. The number of carbonyl (C=O) groups excluding carboxylic acids is 2. The molecule has 184 valence electrons. The molecule has 3 aromatic rings. The van der Waals surface area contributed by atoms with Gasteiger partial charge in [0.05, 0.1) is 0 Å². The van der Waals surface area contributed by atoms with Gasteiger partial charge in [0.1, 0.15) is 12.1 Å². The van der Waals surface area contributed by atoms with E-state index >= 15 is 0 Å². The van der Waals surface area contributed by atoms with E-state index in [9.17, 15) is 9.59 Å². The van der Waals surface area contributed by atoms with E-state index in [0.717, 1.165) is 29.7 Å². The third-order valence-electron chi connectivity index (χ3n) is 4.99. The van der Waals surface area contributed by atoms with E-state index in [-0.39, 0.29) is 12.5 Å². The van der Waals surface area contributed by atoms with Gasteiger partial charge in [0.2, 0.25) is 11.9 Å². The Morgan fingerprint density at radius 3 is 2.40 bits per heavy atom. The molecule has 0 unspecified atom stereocenters. The van der Waals surface area contributed by atoms with E-state index in [1.54, 1.807) is 57.5 Å². The first kappa shape index (κ1) is 25.6. The van der Waals surface area contributed by atoms with Crippen LogP contribution in [0.5, 0.6) is 0 Å². The maximum Gasteiger partial charge on any atom is 0.408 e. The highest BCUT2D eigenvalue weighted by Crippen LogP contribution is 2.20. The lowest BCUT2D eigenvalue weighted by molar-refractivity contribution is -0.129. The topological polar surface area (TPSA) is 109 Å². The Morgan fingerprint density at radius 2 is 1.71 bits per heavy atom. The van der Waals surface area contributed by atoms with Crippen LogP contribution in [-0.2, 0) is 22.5 Å². The van der Waals surface area contributed by atoms with Gasteiger partial charge in [-0.2, -0.15) is 0 Å². The number of hydrogen-bond donors (Lipinski definition) is 2. The van der Waals surface area contributed by atoms with Crippen molar-refractivity contribution in [2.45, 2.75) is 39.3 Å². The number of carbonyl (C=O) groups is 2. The molecule has 0 saturated heterocycles. The van der Waals surface area contributed by atoms with Crippen LogP contribution in [0.4, 0.5) is 10.7 Å². The number of aromatic nitrogens is 3. The maximum absolute atomic E-state index is 12.4. The van der Waals surface area contributed by atoms with Crippen molar-refractivity contribution in [1.82, 2.24) is 25.2 Å². The number of nitrogens with zero attached hydrogens (tertiary/aromatic N) is 4. The first-order valence-electron chi connectivity index (χ1n) is 11.4. The standard InChI is InChI=1S/C26H32N6O3/c1-26(2,3)35-25(34)31-17-23(33)32(4)18-20-6-5-7-21(14-20)22-15-29-24(30-16-22)28-13-10-19-8-11-27-12-9-19/h5-9,11-12,14-16H,10,13,17-18H2,1-4H3,(H,31,34)(H,28,29,30). The number of amides is 2. The van der Waals surface area contributed by atoms with E-state index < -0.39 is 11.7 Å². The number of alkyl carbamates (subject to hydrolysis) is 1. The Labute approximate surface area is 206 Å². The largest absolute Gasteiger partial charge is 0.444 e. The smallest absolute Gasteiger partial charge is 0.408 e. The zero-order valence-electron chi connectivity index (χ0n) is 20.6. The van der Waals surface area contributed by atoms with Crippen LogP contribution in [0.1, 0.15) is 31.9 Å². The summed E-state index contributed by atoms with van der Waals surface area (Å²) < 4.78 is 5.16. The van der Waals surface area contributed by atoms with Crippen LogP contribution in [0.25, 0.3) is 11.1 Å². The zero-order valence-corrected chi connectivity index (χ0v) is 20.6. The van der Waals surface area contributed by atoms with Gasteiger partial charge in [-0.1, -0.05) is 18.2 Å². The molecule has 0 radical (unpaired) electrons. The fourth-order valence-corrected chi connectivity index (χ4v) is 3.24. The van der Waals surface area contributed by atoms with Crippen molar-refractivity contribution < 1.29 is 14.3 Å². The van der Waals surface area contributed by atoms with Crippen molar-refractivity contribution in [2.75, 3.05) is 25.5 Å². The maximum atomic E-state index is 12.4. The quantitative estimate of drug-likeness (QED) is 0.485. The SMILES string of the molecule is CN(Cc1cccc(-c2cnc(NCCc3ccncc3)nc2)c1)C(=O)CNC(=O)OC(C)(C)C. The molecule has 0 aliphatic rings. The number of ether oxygens (including phenoxy) is 1. The lowest BCUT2D eigenvalue weighted by Gasteiger charge is -2.21. The lowest BCUT2D eigenvalue weighted by atomic mass is 10.1. The molecule has 2 amide bonds. The Balaban J connectivity index is 1.51. The molecular weight excluding hydrogens is 444 g/mol. The molecule has 2 N–H and O–H groups in total. The highest BCUT2D eigenvalue weighted by Gasteiger charge is 2.17. The van der Waals surface area contributed by atoms with Crippen molar-refractivity contribution in [1.29, 1.82) is 0 Å². The van der Waals surface area contributed by atoms with E-state index in [1.807, 2.05) is 36.4 Å². The van der Waals surface area contributed by atoms with Crippen LogP contribution in [-0.4, -0.2) is 57.6 Å². The Kier molecular flexibility index (Phi) is 8.72. The number of hydrogen-bond acceptors (Lipinski definition) is 7. The molecule has 0 bridgehead atoms. The number of benzene rings is 1. The summed E-state index contributed by atoms with van der Waals surface area (Å²) in [4.78, 5) is 38.6. The molecule has 0 spiro atoms. The van der Waals surface area contributed by atoms with Crippen molar-refractivity contribution in [2.24, 2.45) is 0 Å². The first-order valence-corrected chi connectivity index (χ1v) is 11.4. The summed E-state index contributed by atoms with van der Waals surface area (Å²) >= 11 is 0. The van der Waals surface area contributed by atoms with Gasteiger partial charge in [-0.05, 0) is 62.1 Å². The normalized spacial score (nSPS) is 11.0. The molecule has 0 aliphatic carbocycles. The van der Waals surface area contributed by atoms with Crippen molar-refractivity contribution >= 4 is 17.9 Å². The van der Waals surface area contributed by atoms with E-state index in [0.29, 0.717) is 12.5 Å². The fraction of sp³-hybridized carbons (Fsp3) is 0.346. The van der Waals surface area contributed by atoms with Crippen LogP contribution in [0.2, 0.25) is 0 Å². The summed E-state index contributed by atoms with van der Waals surface area (Å²) in [7, 11) is 1.70. The zero-order chi connectivity index (χ0) is 25.3. The molecule has 0 atom stereocenters. The first-order chi connectivity index (χ1) is 16.7. The minimum atomic E-state index is -0.614. The van der Waals surface area contributed by atoms with Gasteiger partial charge in [0.25, 0.3) is 0 Å². The fourth-order valence-electron chi connectivity index (χ4n) is 3.24. The summed E-state index contributed by atoms with van der Waals surface area (Å²) in [6, 6.07) is 11.8. The highest BCUT2D eigenvalue weighted by molar-refractivity contribution is 5.82. The Bertz CT molecular complexity index is 1110. The van der Waals surface area contributed by atoms with E-state index in [4.69, 9.17) is 4.74 Å². The second kappa shape index (κ2) is 11.9. The average molecular weight is 477 g/mol. The van der Waals surface area contributed by atoms with Crippen LogP contribution in [0, 0.1) is 0 Å². The van der Waals surface area contributed by atoms with Gasteiger partial charge < -0.3 is 20.3 Å². The lowest BCUT2D eigenvalue weighted by Crippen LogP contribution is -2.40. The Morgan fingerprint density at radius 1 is 1.00 bits per heavy atom. The number of likely N-dealkylation sites (N-methyl/N-ethyl adjacent to an activating group) is 1. The van der Waals surface area contributed by atoms with E-state index in [2.05, 4.69) is 25.6 Å². The molecule has 0 aliphatic heterocycles. The van der Waals surface area contributed by atoms with Gasteiger partial charge in [0.15, 0.2) is 0 Å². The third kappa shape index (κ3) is 8.69. The van der Waals surface area contributed by atoms with Crippen molar-refractivity contribution in [3.8, 4) is 11.1 Å². The van der Waals surface area contributed by atoms with Crippen LogP contribution in [0.15, 0.2) is 61.2 Å². The van der Waals surface area contributed by atoms with Crippen molar-refractivity contribution in [3.63, 3.8) is 0 Å². The summed E-state index contributed by atoms with van der Waals surface area (Å²) in [6.07, 6.45) is 7.36. The van der Waals surface area contributed by atoms with Gasteiger partial charge in [-0.25, -0.2) is 14.8 Å². The van der Waals surface area contributed by atoms with Crippen molar-refractivity contribution in [3.05, 3.63) is 72.3 Å². The molecule has 3 rings (SSSR count). The van der Waals surface area contributed by atoms with E-state index in [1.165, 1.54) is 5.56 Å². The second-order valence-electron chi connectivity index (χ2n) is 9.13. The van der Waals surface area contributed by atoms with Crippen LogP contribution < -0.4 is 10.6 Å². The van der Waals surface area contributed by atoms with Gasteiger partial charge in [-0.15, -0.1) is 0 Å². The summed E-state index contributed by atoms with van der Waals surface area (Å²) in [5, 5.41) is 5.72. The number of nitrogens with one attached hydrogen (secondary N) is 2. The molecule has 2 heterocycles. The molecular formula is C26H32N6O3. The minimum Gasteiger partial charge on any atom is -0.444 e. The number of rotatable bonds is 9. The van der Waals surface area contributed by atoms with Crippen LogP contribution in [0.3, 0.4) is 0 Å². The second-order valence-corrected chi connectivity index (χ2v) is 9.13. The molecule has 35 heavy (non-hydrogen) atoms. The minimum absolute atomic E-state index is 0.130. The van der Waals surface area contributed by atoms with Gasteiger partial charge in [-0.3, -0.25) is 9.78 Å². The molecule has 2 aromatic heterocycles. The number of anilines is 1. The molecule has 1 aromatic carbocycles. The summed E-state index contributed by atoms with van der Waals surface area (Å²) in [5.41, 5.74) is 3.38. The molecule has 0 saturated carbocycles.